The van der Waals surface area contributed by atoms with Crippen molar-refractivity contribution < 1.29 is 0 Å². The van der Waals surface area contributed by atoms with Gasteiger partial charge in [0.2, 0.25) is 0 Å². The lowest BCUT2D eigenvalue weighted by Crippen LogP contribution is -2.23. The molecule has 0 amide bonds. The van der Waals surface area contributed by atoms with Gasteiger partial charge in [-0.05, 0) is 42.0 Å². The lowest BCUT2D eigenvalue weighted by atomic mass is 9.96. The molecule has 0 saturated carbocycles. The second-order valence-corrected chi connectivity index (χ2v) is 8.14. The summed E-state index contributed by atoms with van der Waals surface area (Å²) in [5.41, 5.74) is 11.7. The summed E-state index contributed by atoms with van der Waals surface area (Å²) in [6, 6.07) is 13.5. The summed E-state index contributed by atoms with van der Waals surface area (Å²) >= 11 is 0. The fraction of sp³-hybridized carbons (Fsp3) is 0.346. The molecule has 2 aromatic carbocycles. The van der Waals surface area contributed by atoms with E-state index in [1.165, 1.54) is 55.8 Å². The van der Waals surface area contributed by atoms with Crippen LogP contribution in [0.2, 0.25) is 0 Å². The van der Waals surface area contributed by atoms with Gasteiger partial charge in [0.15, 0.2) is 0 Å². The molecule has 0 spiro atoms. The monoisotopic (exact) mass is 398 g/mol. The summed E-state index contributed by atoms with van der Waals surface area (Å²) in [5.74, 6) is 0. The molecule has 5 rings (SSSR count). The van der Waals surface area contributed by atoms with E-state index in [9.17, 15) is 0 Å². The van der Waals surface area contributed by atoms with Crippen LogP contribution in [0.3, 0.4) is 0 Å². The van der Waals surface area contributed by atoms with Crippen LogP contribution in [-0.2, 0) is 32.2 Å². The smallest absolute Gasteiger partial charge is 0.0795 e. The number of para-hydroxylation sites is 1. The van der Waals surface area contributed by atoms with Crippen LogP contribution in [0, 0.1) is 0 Å². The molecule has 0 atom stereocenters. The molecule has 4 heteroatoms. The normalized spacial score (nSPS) is 13.7. The van der Waals surface area contributed by atoms with Crippen molar-refractivity contribution >= 4 is 10.9 Å². The first-order valence-electron chi connectivity index (χ1n) is 11.3. The standard InChI is InChI=1S/C26H30N4/c1-4-17-10-11-21(20-12-15-28-24(17)20)26-22-16-27-14-13-23(22)29-30(26)25-18(5-2)8-7-9-19(25)6-3/h7-12,15,27-28H,4-6,13-14,16H2,1-3H3. The number of nitrogens with zero attached hydrogens (tertiary/aromatic N) is 2. The Bertz CT molecular complexity index is 1190. The topological polar surface area (TPSA) is 45.6 Å². The number of aryl methyl sites for hydroxylation is 3. The van der Waals surface area contributed by atoms with E-state index in [1.807, 2.05) is 0 Å². The van der Waals surface area contributed by atoms with Crippen LogP contribution in [0.25, 0.3) is 27.8 Å². The number of hydrogen-bond donors (Lipinski definition) is 2. The first kappa shape index (κ1) is 19.1. The van der Waals surface area contributed by atoms with Gasteiger partial charge in [-0.2, -0.15) is 5.10 Å². The van der Waals surface area contributed by atoms with Crippen LogP contribution in [-0.4, -0.2) is 21.3 Å². The Morgan fingerprint density at radius 2 is 1.70 bits per heavy atom. The van der Waals surface area contributed by atoms with Gasteiger partial charge >= 0.3 is 0 Å². The Morgan fingerprint density at radius 1 is 0.933 bits per heavy atom. The summed E-state index contributed by atoms with van der Waals surface area (Å²) in [7, 11) is 0. The molecular weight excluding hydrogens is 368 g/mol. The highest BCUT2D eigenvalue weighted by Crippen LogP contribution is 2.38. The third-order valence-electron chi connectivity index (χ3n) is 6.53. The SMILES string of the molecule is CCc1cccc(CC)c1-n1nc2c(c1-c1ccc(CC)c3[nH]ccc13)CNCC2. The molecule has 0 radical (unpaired) electrons. The lowest BCUT2D eigenvalue weighted by Gasteiger charge is -2.18. The molecule has 3 heterocycles. The minimum absolute atomic E-state index is 0.877. The highest BCUT2D eigenvalue weighted by molar-refractivity contribution is 5.97. The molecule has 154 valence electrons. The molecular formula is C26H30N4. The first-order chi connectivity index (χ1) is 14.8. The highest BCUT2D eigenvalue weighted by Gasteiger charge is 2.26. The van der Waals surface area contributed by atoms with Crippen molar-refractivity contribution in [3.8, 4) is 16.9 Å². The Kier molecular flexibility index (Phi) is 4.95. The first-order valence-corrected chi connectivity index (χ1v) is 11.3. The van der Waals surface area contributed by atoms with E-state index in [-0.39, 0.29) is 0 Å². The summed E-state index contributed by atoms with van der Waals surface area (Å²) in [6.07, 6.45) is 6.07. The molecule has 0 aliphatic carbocycles. The van der Waals surface area contributed by atoms with Gasteiger partial charge in [0.05, 0.1) is 17.1 Å². The largest absolute Gasteiger partial charge is 0.361 e. The quantitative estimate of drug-likeness (QED) is 0.476. The third kappa shape index (κ3) is 2.90. The molecule has 0 bridgehead atoms. The van der Waals surface area contributed by atoms with E-state index in [0.717, 1.165) is 38.8 Å². The van der Waals surface area contributed by atoms with Crippen molar-refractivity contribution in [2.75, 3.05) is 6.54 Å². The zero-order valence-electron chi connectivity index (χ0n) is 18.2. The minimum atomic E-state index is 0.877. The maximum absolute atomic E-state index is 5.21. The van der Waals surface area contributed by atoms with E-state index in [0.29, 0.717) is 0 Å². The predicted molar refractivity (Wildman–Crippen MR) is 124 cm³/mol. The molecule has 0 fully saturated rings. The van der Waals surface area contributed by atoms with Crippen LogP contribution in [0.5, 0.6) is 0 Å². The molecule has 4 aromatic rings. The van der Waals surface area contributed by atoms with Gasteiger partial charge in [-0.15, -0.1) is 0 Å². The number of aromatic nitrogens is 3. The van der Waals surface area contributed by atoms with Crippen molar-refractivity contribution in [1.82, 2.24) is 20.1 Å². The molecule has 4 nitrogen and oxygen atoms in total. The Hall–Kier alpha value is -2.85. The number of H-pyrrole nitrogens is 1. The van der Waals surface area contributed by atoms with Gasteiger partial charge in [-0.1, -0.05) is 51.1 Å². The number of aromatic amines is 1. The van der Waals surface area contributed by atoms with Gasteiger partial charge in [0.1, 0.15) is 0 Å². The van der Waals surface area contributed by atoms with Gasteiger partial charge in [0.25, 0.3) is 0 Å². The molecule has 30 heavy (non-hydrogen) atoms. The zero-order chi connectivity index (χ0) is 20.7. The van der Waals surface area contributed by atoms with Gasteiger partial charge in [-0.25, -0.2) is 4.68 Å². The van der Waals surface area contributed by atoms with Crippen molar-refractivity contribution in [3.63, 3.8) is 0 Å². The van der Waals surface area contributed by atoms with E-state index in [4.69, 9.17) is 5.10 Å². The van der Waals surface area contributed by atoms with Crippen molar-refractivity contribution in [2.24, 2.45) is 0 Å². The Morgan fingerprint density at radius 3 is 2.43 bits per heavy atom. The van der Waals surface area contributed by atoms with Crippen LogP contribution < -0.4 is 5.32 Å². The van der Waals surface area contributed by atoms with Gasteiger partial charge in [0, 0.05) is 47.7 Å². The molecule has 2 N–H and O–H groups in total. The van der Waals surface area contributed by atoms with Gasteiger partial charge in [-0.3, -0.25) is 0 Å². The molecule has 0 saturated heterocycles. The van der Waals surface area contributed by atoms with Crippen LogP contribution in [0.4, 0.5) is 0 Å². The van der Waals surface area contributed by atoms with E-state index in [1.54, 1.807) is 0 Å². The number of benzene rings is 2. The zero-order valence-corrected chi connectivity index (χ0v) is 18.2. The van der Waals surface area contributed by atoms with Gasteiger partial charge < -0.3 is 10.3 Å². The fourth-order valence-electron chi connectivity index (χ4n) is 4.95. The Labute approximate surface area is 178 Å². The van der Waals surface area contributed by atoms with Crippen LogP contribution >= 0.6 is 0 Å². The summed E-state index contributed by atoms with van der Waals surface area (Å²) < 4.78 is 2.27. The van der Waals surface area contributed by atoms with E-state index in [2.05, 4.69) is 78.3 Å². The maximum Gasteiger partial charge on any atom is 0.0795 e. The molecule has 0 unspecified atom stereocenters. The number of hydrogen-bond acceptors (Lipinski definition) is 2. The molecule has 1 aliphatic heterocycles. The van der Waals surface area contributed by atoms with Crippen LogP contribution in [0.15, 0.2) is 42.6 Å². The second kappa shape index (κ2) is 7.77. The fourth-order valence-corrected chi connectivity index (χ4v) is 4.95. The highest BCUT2D eigenvalue weighted by atomic mass is 15.3. The predicted octanol–water partition coefficient (Wildman–Crippen LogP) is 5.35. The lowest BCUT2D eigenvalue weighted by molar-refractivity contribution is 0.635. The third-order valence-corrected chi connectivity index (χ3v) is 6.53. The van der Waals surface area contributed by atoms with Crippen molar-refractivity contribution in [2.45, 2.75) is 53.0 Å². The minimum Gasteiger partial charge on any atom is -0.361 e. The van der Waals surface area contributed by atoms with E-state index >= 15 is 0 Å². The maximum atomic E-state index is 5.21. The summed E-state index contributed by atoms with van der Waals surface area (Å²) in [5, 5.41) is 10.1. The van der Waals surface area contributed by atoms with E-state index < -0.39 is 0 Å². The second-order valence-electron chi connectivity index (χ2n) is 8.14. The summed E-state index contributed by atoms with van der Waals surface area (Å²) in [4.78, 5) is 3.48. The number of nitrogens with one attached hydrogen (secondary N) is 2. The average Bonchev–Trinajstić information content (AvgIpc) is 3.43. The number of rotatable bonds is 5. The molecule has 1 aliphatic rings. The average molecular weight is 399 g/mol. The molecule has 2 aromatic heterocycles. The Balaban J connectivity index is 1.85. The van der Waals surface area contributed by atoms with Crippen LogP contribution in [0.1, 0.15) is 48.7 Å². The van der Waals surface area contributed by atoms with Crippen molar-refractivity contribution in [1.29, 1.82) is 0 Å². The van der Waals surface area contributed by atoms with Crippen molar-refractivity contribution in [3.05, 3.63) is 70.5 Å². The number of fused-ring (bicyclic) bond motifs is 2. The summed E-state index contributed by atoms with van der Waals surface area (Å²) in [6.45, 7) is 8.57.